The summed E-state index contributed by atoms with van der Waals surface area (Å²) in [5.74, 6) is -0.760. The van der Waals surface area contributed by atoms with Gasteiger partial charge in [-0.2, -0.15) is 13.2 Å². The highest BCUT2D eigenvalue weighted by Gasteiger charge is 2.38. The number of carbonyl (C=O) groups is 1. The summed E-state index contributed by atoms with van der Waals surface area (Å²) >= 11 is 0. The maximum Gasteiger partial charge on any atom is 0.416 e. The van der Waals surface area contributed by atoms with Crippen molar-refractivity contribution in [3.63, 3.8) is 0 Å². The number of nitrogens with one attached hydrogen (secondary N) is 1. The Balaban J connectivity index is 2.48. The number of rotatable bonds is 3. The summed E-state index contributed by atoms with van der Waals surface area (Å²) in [7, 11) is 0. The molecule has 0 spiro atoms. The molecule has 1 heterocycles. The Morgan fingerprint density at radius 2 is 2.19 bits per heavy atom. The number of hydrogen-bond acceptors (Lipinski definition) is 3. The molecule has 0 aliphatic rings. The number of halogens is 3. The van der Waals surface area contributed by atoms with Gasteiger partial charge < -0.3 is 10.4 Å². The van der Waals surface area contributed by atoms with Crippen LogP contribution in [-0.2, 0) is 0 Å². The highest BCUT2D eigenvalue weighted by atomic mass is 19.4. The first-order chi connectivity index (χ1) is 7.41. The van der Waals surface area contributed by atoms with Gasteiger partial charge >= 0.3 is 6.18 Å². The molecule has 1 aromatic heterocycles. The first kappa shape index (κ1) is 12.4. The second-order valence-corrected chi connectivity index (χ2v) is 2.98. The topological polar surface area (TPSA) is 62.2 Å². The number of hydrogen-bond donors (Lipinski definition) is 2. The van der Waals surface area contributed by atoms with Crippen molar-refractivity contribution in [3.05, 3.63) is 30.1 Å². The molecule has 0 aliphatic heterocycles. The van der Waals surface area contributed by atoms with Crippen LogP contribution in [0.3, 0.4) is 0 Å². The van der Waals surface area contributed by atoms with Crippen molar-refractivity contribution >= 4 is 5.91 Å². The molecule has 0 unspecified atom stereocenters. The Morgan fingerprint density at radius 3 is 2.69 bits per heavy atom. The lowest BCUT2D eigenvalue weighted by Gasteiger charge is -2.14. The van der Waals surface area contributed by atoms with Gasteiger partial charge in [0.2, 0.25) is 0 Å². The van der Waals surface area contributed by atoms with E-state index >= 15 is 0 Å². The normalized spacial score (nSPS) is 13.2. The van der Waals surface area contributed by atoms with Gasteiger partial charge in [0.1, 0.15) is 5.69 Å². The highest BCUT2D eigenvalue weighted by molar-refractivity contribution is 5.92. The standard InChI is InChI=1S/C9H9F3N2O2/c10-9(11,12)7(15)5-14-8(16)6-3-1-2-4-13-6/h1-4,7,15H,5H2,(H,14,16)/t7-/m0/s1. The fraction of sp³-hybridized carbons (Fsp3) is 0.333. The van der Waals surface area contributed by atoms with Gasteiger partial charge in [0, 0.05) is 6.20 Å². The maximum atomic E-state index is 11.9. The van der Waals surface area contributed by atoms with E-state index in [1.165, 1.54) is 18.3 Å². The predicted molar refractivity (Wildman–Crippen MR) is 48.6 cm³/mol. The van der Waals surface area contributed by atoms with Crippen LogP contribution in [0.5, 0.6) is 0 Å². The van der Waals surface area contributed by atoms with E-state index in [-0.39, 0.29) is 5.69 Å². The number of pyridine rings is 1. The molecule has 0 aliphatic carbocycles. The number of amides is 1. The molecule has 2 N–H and O–H groups in total. The van der Waals surface area contributed by atoms with E-state index in [4.69, 9.17) is 5.11 Å². The molecule has 16 heavy (non-hydrogen) atoms. The monoisotopic (exact) mass is 234 g/mol. The number of nitrogens with zero attached hydrogens (tertiary/aromatic N) is 1. The lowest BCUT2D eigenvalue weighted by molar-refractivity contribution is -0.201. The molecular weight excluding hydrogens is 225 g/mol. The Bertz CT molecular complexity index is 354. The first-order valence-corrected chi connectivity index (χ1v) is 4.35. The number of aliphatic hydroxyl groups excluding tert-OH is 1. The number of alkyl halides is 3. The molecule has 0 fully saturated rings. The maximum absolute atomic E-state index is 11.9. The minimum Gasteiger partial charge on any atom is -0.382 e. The Morgan fingerprint density at radius 1 is 1.50 bits per heavy atom. The third kappa shape index (κ3) is 3.50. The fourth-order valence-electron chi connectivity index (χ4n) is 0.893. The van der Waals surface area contributed by atoms with Gasteiger partial charge in [0.25, 0.3) is 5.91 Å². The summed E-state index contributed by atoms with van der Waals surface area (Å²) in [5.41, 5.74) is -0.00289. The van der Waals surface area contributed by atoms with Crippen molar-refractivity contribution in [3.8, 4) is 0 Å². The number of carbonyl (C=O) groups excluding carboxylic acids is 1. The molecule has 0 aromatic carbocycles. The zero-order chi connectivity index (χ0) is 12.2. The molecule has 0 radical (unpaired) electrons. The van der Waals surface area contributed by atoms with Crippen LogP contribution >= 0.6 is 0 Å². The Hall–Kier alpha value is -1.63. The highest BCUT2D eigenvalue weighted by Crippen LogP contribution is 2.19. The van der Waals surface area contributed by atoms with E-state index in [1.807, 2.05) is 5.32 Å². The zero-order valence-corrected chi connectivity index (χ0v) is 8.03. The van der Waals surface area contributed by atoms with Crippen LogP contribution in [-0.4, -0.2) is 34.8 Å². The van der Waals surface area contributed by atoms with Crippen LogP contribution in [0.1, 0.15) is 10.5 Å². The molecule has 88 valence electrons. The average Bonchev–Trinajstić information content (AvgIpc) is 2.25. The van der Waals surface area contributed by atoms with E-state index in [0.29, 0.717) is 0 Å². The molecule has 1 amide bonds. The van der Waals surface area contributed by atoms with Crippen molar-refractivity contribution in [1.29, 1.82) is 0 Å². The van der Waals surface area contributed by atoms with Crippen LogP contribution < -0.4 is 5.32 Å². The smallest absolute Gasteiger partial charge is 0.382 e. The molecule has 0 saturated carbocycles. The molecule has 0 bridgehead atoms. The minimum absolute atomic E-state index is 0.00289. The largest absolute Gasteiger partial charge is 0.416 e. The molecule has 0 saturated heterocycles. The van der Waals surface area contributed by atoms with Gasteiger partial charge in [-0.15, -0.1) is 0 Å². The van der Waals surface area contributed by atoms with Crippen LogP contribution in [0.15, 0.2) is 24.4 Å². The van der Waals surface area contributed by atoms with Gasteiger partial charge in [-0.25, -0.2) is 0 Å². The zero-order valence-electron chi connectivity index (χ0n) is 8.03. The van der Waals surface area contributed by atoms with Gasteiger partial charge in [0.15, 0.2) is 6.10 Å². The molecule has 1 aromatic rings. The van der Waals surface area contributed by atoms with Crippen LogP contribution in [0.25, 0.3) is 0 Å². The van der Waals surface area contributed by atoms with Crippen molar-refractivity contribution in [2.45, 2.75) is 12.3 Å². The lowest BCUT2D eigenvalue weighted by atomic mass is 10.3. The van der Waals surface area contributed by atoms with Crippen LogP contribution in [0.2, 0.25) is 0 Å². The van der Waals surface area contributed by atoms with Gasteiger partial charge in [-0.1, -0.05) is 6.07 Å². The van der Waals surface area contributed by atoms with Crippen molar-refractivity contribution in [1.82, 2.24) is 10.3 Å². The summed E-state index contributed by atoms with van der Waals surface area (Å²) in [6.45, 7) is -0.890. The molecular formula is C9H9F3N2O2. The van der Waals surface area contributed by atoms with Crippen LogP contribution in [0.4, 0.5) is 13.2 Å². The molecule has 7 heteroatoms. The lowest BCUT2D eigenvalue weighted by Crippen LogP contribution is -2.40. The summed E-state index contributed by atoms with van der Waals surface area (Å²) in [6, 6.07) is 4.46. The van der Waals surface area contributed by atoms with E-state index in [1.54, 1.807) is 6.07 Å². The Kier molecular flexibility index (Phi) is 3.83. The van der Waals surface area contributed by atoms with E-state index < -0.39 is 24.7 Å². The SMILES string of the molecule is O=C(NC[C@H](O)C(F)(F)F)c1ccccn1. The van der Waals surface area contributed by atoms with Crippen LogP contribution in [0, 0.1) is 0 Å². The molecule has 1 atom stereocenters. The first-order valence-electron chi connectivity index (χ1n) is 4.35. The predicted octanol–water partition coefficient (Wildman–Crippen LogP) is 0.735. The summed E-state index contributed by atoms with van der Waals surface area (Å²) < 4.78 is 35.7. The summed E-state index contributed by atoms with van der Waals surface area (Å²) in [5, 5.41) is 10.6. The summed E-state index contributed by atoms with van der Waals surface area (Å²) in [6.07, 6.45) is -5.97. The number of aliphatic hydroxyl groups is 1. The Labute approximate surface area is 89.1 Å². The second-order valence-electron chi connectivity index (χ2n) is 2.98. The third-order valence-electron chi connectivity index (χ3n) is 1.73. The average molecular weight is 234 g/mol. The van der Waals surface area contributed by atoms with Gasteiger partial charge in [-0.3, -0.25) is 9.78 Å². The van der Waals surface area contributed by atoms with E-state index in [2.05, 4.69) is 4.98 Å². The quantitative estimate of drug-likeness (QED) is 0.810. The van der Waals surface area contributed by atoms with Crippen molar-refractivity contribution in [2.24, 2.45) is 0 Å². The van der Waals surface area contributed by atoms with E-state index in [0.717, 1.165) is 0 Å². The number of aromatic nitrogens is 1. The summed E-state index contributed by atoms with van der Waals surface area (Å²) in [4.78, 5) is 14.9. The third-order valence-corrected chi connectivity index (χ3v) is 1.73. The second kappa shape index (κ2) is 4.93. The minimum atomic E-state index is -4.74. The van der Waals surface area contributed by atoms with E-state index in [9.17, 15) is 18.0 Å². The fourth-order valence-corrected chi connectivity index (χ4v) is 0.893. The molecule has 4 nitrogen and oxygen atoms in total. The van der Waals surface area contributed by atoms with Gasteiger partial charge in [0.05, 0.1) is 6.54 Å². The van der Waals surface area contributed by atoms with Crippen molar-refractivity contribution in [2.75, 3.05) is 6.54 Å². The van der Waals surface area contributed by atoms with Gasteiger partial charge in [-0.05, 0) is 12.1 Å². The van der Waals surface area contributed by atoms with Crippen molar-refractivity contribution < 1.29 is 23.1 Å². The molecule has 1 rings (SSSR count).